The van der Waals surface area contributed by atoms with Crippen molar-refractivity contribution in [3.63, 3.8) is 0 Å². The van der Waals surface area contributed by atoms with Crippen molar-refractivity contribution in [2.45, 2.75) is 38.8 Å². The molecule has 6 heteroatoms. The first-order valence-electron chi connectivity index (χ1n) is 6.84. The lowest BCUT2D eigenvalue weighted by atomic mass is 10.1. The van der Waals surface area contributed by atoms with Crippen LogP contribution in [-0.4, -0.2) is 29.4 Å². The van der Waals surface area contributed by atoms with Gasteiger partial charge in [0.1, 0.15) is 0 Å². The number of hydrogen-bond acceptors (Lipinski definition) is 3. The van der Waals surface area contributed by atoms with Gasteiger partial charge in [-0.25, -0.2) is 4.79 Å². The minimum absolute atomic E-state index is 0.0367. The van der Waals surface area contributed by atoms with Crippen LogP contribution >= 0.6 is 0 Å². The molecule has 0 aliphatic carbocycles. The number of pyridine rings is 1. The average molecular weight is 279 g/mol. The lowest BCUT2D eigenvalue weighted by Gasteiger charge is -2.20. The summed E-state index contributed by atoms with van der Waals surface area (Å²) in [5.74, 6) is 0. The van der Waals surface area contributed by atoms with Crippen LogP contribution in [0.1, 0.15) is 25.3 Å². The quantitative estimate of drug-likeness (QED) is 0.878. The molecule has 0 saturated carbocycles. The third kappa shape index (κ3) is 3.39. The molecule has 20 heavy (non-hydrogen) atoms. The molecule has 1 aliphatic heterocycles. The number of aryl methyl sites for hydroxylation is 2. The molecule has 2 amide bonds. The highest BCUT2D eigenvalue weighted by Gasteiger charge is 2.23. The number of nitrogens with zero attached hydrogens (tertiary/aromatic N) is 1. The number of ether oxygens (including phenoxy) is 1. The topological polar surface area (TPSA) is 72.4 Å². The summed E-state index contributed by atoms with van der Waals surface area (Å²) in [6, 6.07) is 1.18. The molecule has 110 valence electrons. The number of aromatic nitrogens is 1. The number of urea groups is 1. The number of carbonyl (C=O) groups is 1. The first kappa shape index (κ1) is 14.6. The lowest BCUT2D eigenvalue weighted by Crippen LogP contribution is -2.43. The van der Waals surface area contributed by atoms with Gasteiger partial charge in [-0.05, 0) is 32.3 Å². The van der Waals surface area contributed by atoms with Crippen LogP contribution in [0.5, 0.6) is 0 Å². The summed E-state index contributed by atoms with van der Waals surface area (Å²) in [6.07, 6.45) is 3.72. The number of nitrogens with one attached hydrogen (secondary N) is 2. The Kier molecular flexibility index (Phi) is 4.44. The van der Waals surface area contributed by atoms with Crippen LogP contribution in [0.3, 0.4) is 0 Å². The summed E-state index contributed by atoms with van der Waals surface area (Å²) in [5.41, 5.74) is 1.28. The van der Waals surface area contributed by atoms with Gasteiger partial charge in [0.2, 0.25) is 0 Å². The van der Waals surface area contributed by atoms with Gasteiger partial charge in [0.25, 0.3) is 5.56 Å². The second kappa shape index (κ2) is 6.09. The predicted octanol–water partition coefficient (Wildman–Crippen LogP) is 1.38. The molecule has 1 aromatic heterocycles. The Morgan fingerprint density at radius 2 is 2.30 bits per heavy atom. The van der Waals surface area contributed by atoms with Crippen LogP contribution in [0, 0.1) is 6.92 Å². The molecule has 2 N–H and O–H groups in total. The van der Waals surface area contributed by atoms with Crippen LogP contribution in [0.15, 0.2) is 17.1 Å². The van der Waals surface area contributed by atoms with E-state index in [1.165, 1.54) is 10.6 Å². The second-order valence-electron chi connectivity index (χ2n) is 5.26. The third-order valence-corrected chi connectivity index (χ3v) is 3.56. The minimum Gasteiger partial charge on any atom is -0.376 e. The molecule has 1 aromatic rings. The monoisotopic (exact) mass is 279 g/mol. The van der Waals surface area contributed by atoms with Crippen molar-refractivity contribution in [3.05, 3.63) is 28.2 Å². The maximum absolute atomic E-state index is 12.0. The van der Waals surface area contributed by atoms with Crippen LogP contribution < -0.4 is 16.2 Å². The van der Waals surface area contributed by atoms with Crippen molar-refractivity contribution < 1.29 is 9.53 Å². The zero-order chi connectivity index (χ0) is 14.7. The molecule has 1 saturated heterocycles. The highest BCUT2D eigenvalue weighted by Crippen LogP contribution is 2.16. The summed E-state index contributed by atoms with van der Waals surface area (Å²) in [6.45, 7) is 4.49. The first-order chi connectivity index (χ1) is 9.47. The van der Waals surface area contributed by atoms with Crippen LogP contribution in [0.4, 0.5) is 10.5 Å². The van der Waals surface area contributed by atoms with Gasteiger partial charge in [0.15, 0.2) is 0 Å². The molecule has 2 heterocycles. The van der Waals surface area contributed by atoms with Crippen molar-refractivity contribution in [2.24, 2.45) is 7.05 Å². The minimum atomic E-state index is -0.283. The maximum atomic E-state index is 12.0. The van der Waals surface area contributed by atoms with Crippen LogP contribution in [-0.2, 0) is 11.8 Å². The van der Waals surface area contributed by atoms with Crippen molar-refractivity contribution in [1.29, 1.82) is 0 Å². The molecule has 0 radical (unpaired) electrons. The first-order valence-corrected chi connectivity index (χ1v) is 6.84. The fourth-order valence-corrected chi connectivity index (χ4v) is 2.31. The summed E-state index contributed by atoms with van der Waals surface area (Å²) in [5, 5.41) is 5.64. The SMILES string of the molecule is Cc1cc(=O)n(C)cc1NC(=O)NC(C)C1CCCO1. The van der Waals surface area contributed by atoms with Crippen LogP contribution in [0.25, 0.3) is 0 Å². The molecule has 1 fully saturated rings. The molecular weight excluding hydrogens is 258 g/mol. The Bertz CT molecular complexity index is 547. The van der Waals surface area contributed by atoms with Gasteiger partial charge in [-0.1, -0.05) is 0 Å². The van der Waals surface area contributed by atoms with Crippen molar-refractivity contribution in [3.8, 4) is 0 Å². The van der Waals surface area contributed by atoms with E-state index in [0.717, 1.165) is 25.0 Å². The molecule has 1 aliphatic rings. The van der Waals surface area contributed by atoms with Gasteiger partial charge < -0.3 is 19.9 Å². The molecule has 0 spiro atoms. The van der Waals surface area contributed by atoms with E-state index in [-0.39, 0.29) is 23.7 Å². The molecule has 6 nitrogen and oxygen atoms in total. The summed E-state index contributed by atoms with van der Waals surface area (Å²) < 4.78 is 6.97. The van der Waals surface area contributed by atoms with Gasteiger partial charge in [0, 0.05) is 25.9 Å². The summed E-state index contributed by atoms with van der Waals surface area (Å²) >= 11 is 0. The van der Waals surface area contributed by atoms with Gasteiger partial charge in [0.05, 0.1) is 17.8 Å². The average Bonchev–Trinajstić information content (AvgIpc) is 2.89. The zero-order valence-electron chi connectivity index (χ0n) is 12.1. The number of carbonyl (C=O) groups excluding carboxylic acids is 1. The van der Waals surface area contributed by atoms with Crippen LogP contribution in [0.2, 0.25) is 0 Å². The molecule has 0 bridgehead atoms. The van der Waals surface area contributed by atoms with E-state index in [9.17, 15) is 9.59 Å². The Morgan fingerprint density at radius 1 is 1.55 bits per heavy atom. The molecule has 2 unspecified atom stereocenters. The maximum Gasteiger partial charge on any atom is 0.319 e. The van der Waals surface area contributed by atoms with Gasteiger partial charge in [-0.3, -0.25) is 4.79 Å². The lowest BCUT2D eigenvalue weighted by molar-refractivity contribution is 0.0868. The standard InChI is InChI=1S/C14H21N3O3/c1-9-7-13(18)17(3)8-11(9)16-14(19)15-10(2)12-5-4-6-20-12/h7-8,10,12H,4-6H2,1-3H3,(H2,15,16,19). The second-order valence-corrected chi connectivity index (χ2v) is 5.26. The van der Waals surface area contributed by atoms with E-state index in [1.54, 1.807) is 20.2 Å². The van der Waals surface area contributed by atoms with E-state index in [4.69, 9.17) is 4.74 Å². The number of hydrogen-bond donors (Lipinski definition) is 2. The van der Waals surface area contributed by atoms with E-state index in [1.807, 2.05) is 6.92 Å². The zero-order valence-corrected chi connectivity index (χ0v) is 12.1. The van der Waals surface area contributed by atoms with Crippen molar-refractivity contribution >= 4 is 11.7 Å². The van der Waals surface area contributed by atoms with E-state index >= 15 is 0 Å². The van der Waals surface area contributed by atoms with Crippen molar-refractivity contribution in [2.75, 3.05) is 11.9 Å². The molecule has 2 atom stereocenters. The van der Waals surface area contributed by atoms with Gasteiger partial charge in [-0.2, -0.15) is 0 Å². The van der Waals surface area contributed by atoms with Crippen molar-refractivity contribution in [1.82, 2.24) is 9.88 Å². The Balaban J connectivity index is 1.97. The normalized spacial score (nSPS) is 19.6. The number of anilines is 1. The molecular formula is C14H21N3O3. The number of amides is 2. The Labute approximate surface area is 118 Å². The smallest absolute Gasteiger partial charge is 0.319 e. The van der Waals surface area contributed by atoms with E-state index in [2.05, 4.69) is 10.6 Å². The Morgan fingerprint density at radius 3 is 2.95 bits per heavy atom. The predicted molar refractivity (Wildman–Crippen MR) is 77.0 cm³/mol. The largest absolute Gasteiger partial charge is 0.376 e. The third-order valence-electron chi connectivity index (χ3n) is 3.56. The summed E-state index contributed by atoms with van der Waals surface area (Å²) in [7, 11) is 1.65. The summed E-state index contributed by atoms with van der Waals surface area (Å²) in [4.78, 5) is 23.4. The molecule has 0 aromatic carbocycles. The van der Waals surface area contributed by atoms with E-state index in [0.29, 0.717) is 5.69 Å². The highest BCUT2D eigenvalue weighted by atomic mass is 16.5. The number of rotatable bonds is 3. The van der Waals surface area contributed by atoms with E-state index < -0.39 is 0 Å². The molecule has 2 rings (SSSR count). The van der Waals surface area contributed by atoms with Gasteiger partial charge in [-0.15, -0.1) is 0 Å². The van der Waals surface area contributed by atoms with Gasteiger partial charge >= 0.3 is 6.03 Å². The highest BCUT2D eigenvalue weighted by molar-refractivity contribution is 5.90. The Hall–Kier alpha value is -1.82. The fraction of sp³-hybridized carbons (Fsp3) is 0.571. The fourth-order valence-electron chi connectivity index (χ4n) is 2.31.